The van der Waals surface area contributed by atoms with E-state index >= 15 is 0 Å². The van der Waals surface area contributed by atoms with Crippen LogP contribution in [0.2, 0.25) is 15.1 Å². The van der Waals surface area contributed by atoms with Crippen molar-refractivity contribution in [1.82, 2.24) is 0 Å². The van der Waals surface area contributed by atoms with Crippen molar-refractivity contribution in [2.24, 2.45) is 0 Å². The Bertz CT molecular complexity index is 584. The molecule has 0 unspecified atom stereocenters. The van der Waals surface area contributed by atoms with Crippen LogP contribution in [0.3, 0.4) is 0 Å². The lowest BCUT2D eigenvalue weighted by Gasteiger charge is -2.16. The average molecular weight is 330 g/mol. The normalized spacial score (nSPS) is 12.4. The molecular formula is C16H15Cl3O. The highest BCUT2D eigenvalue weighted by Crippen LogP contribution is 2.31. The second-order valence-corrected chi connectivity index (χ2v) is 5.93. The molecule has 1 nitrogen and oxygen atoms in total. The topological polar surface area (TPSA) is 20.2 Å². The predicted molar refractivity (Wildman–Crippen MR) is 86.1 cm³/mol. The van der Waals surface area contributed by atoms with Crippen molar-refractivity contribution in [3.05, 3.63) is 68.7 Å². The molecule has 0 aliphatic rings. The van der Waals surface area contributed by atoms with Crippen molar-refractivity contribution in [2.45, 2.75) is 18.8 Å². The number of rotatable bonds is 5. The zero-order valence-electron chi connectivity index (χ0n) is 10.8. The molecule has 2 rings (SSSR count). The van der Waals surface area contributed by atoms with E-state index in [1.54, 1.807) is 12.1 Å². The van der Waals surface area contributed by atoms with Crippen LogP contribution in [0.25, 0.3) is 0 Å². The van der Waals surface area contributed by atoms with Gasteiger partial charge in [0.25, 0.3) is 0 Å². The highest BCUT2D eigenvalue weighted by Gasteiger charge is 2.15. The minimum atomic E-state index is -0.0176. The molecule has 0 saturated heterocycles. The summed E-state index contributed by atoms with van der Waals surface area (Å²) in [5, 5.41) is 11.5. The Morgan fingerprint density at radius 1 is 0.950 bits per heavy atom. The van der Waals surface area contributed by atoms with E-state index in [0.29, 0.717) is 10.0 Å². The molecule has 0 radical (unpaired) electrons. The van der Waals surface area contributed by atoms with Gasteiger partial charge in [-0.3, -0.25) is 0 Å². The fraction of sp³-hybridized carbons (Fsp3) is 0.250. The molecule has 2 aromatic carbocycles. The Morgan fingerprint density at radius 2 is 1.70 bits per heavy atom. The lowest BCUT2D eigenvalue weighted by atomic mass is 9.93. The summed E-state index contributed by atoms with van der Waals surface area (Å²) in [6.07, 6.45) is 1.57. The number of aliphatic hydroxyl groups excluding tert-OH is 1. The summed E-state index contributed by atoms with van der Waals surface area (Å²) in [7, 11) is 0. The molecule has 0 aliphatic carbocycles. The lowest BCUT2D eigenvalue weighted by molar-refractivity contribution is 0.259. The molecule has 2 aromatic rings. The Hall–Kier alpha value is -0.730. The van der Waals surface area contributed by atoms with Gasteiger partial charge in [-0.15, -0.1) is 0 Å². The largest absolute Gasteiger partial charge is 0.396 e. The van der Waals surface area contributed by atoms with Gasteiger partial charge in [-0.05, 0) is 42.2 Å². The molecular weight excluding hydrogens is 315 g/mol. The summed E-state index contributed by atoms with van der Waals surface area (Å²) in [6.45, 7) is 0.0474. The number of aryl methyl sites for hydroxylation is 1. The molecule has 1 N–H and O–H groups in total. The van der Waals surface area contributed by atoms with E-state index in [2.05, 4.69) is 0 Å². The van der Waals surface area contributed by atoms with E-state index in [-0.39, 0.29) is 12.5 Å². The maximum absolute atomic E-state index is 9.60. The summed E-state index contributed by atoms with van der Waals surface area (Å²) in [6, 6.07) is 13.1. The molecule has 106 valence electrons. The first-order valence-electron chi connectivity index (χ1n) is 6.41. The number of hydrogen-bond donors (Lipinski definition) is 1. The minimum absolute atomic E-state index is 0.0176. The first-order valence-corrected chi connectivity index (χ1v) is 7.54. The second-order valence-electron chi connectivity index (χ2n) is 4.68. The fourth-order valence-electron chi connectivity index (χ4n) is 2.21. The molecule has 0 saturated carbocycles. The molecule has 0 amide bonds. The first-order chi connectivity index (χ1) is 9.61. The number of benzene rings is 2. The SMILES string of the molecule is OC[C@H](CCc1ccccc1Cl)c1ccc(Cl)cc1Cl. The van der Waals surface area contributed by atoms with Gasteiger partial charge in [-0.2, -0.15) is 0 Å². The van der Waals surface area contributed by atoms with E-state index in [1.165, 1.54) is 0 Å². The van der Waals surface area contributed by atoms with Crippen LogP contribution in [-0.4, -0.2) is 11.7 Å². The second kappa shape index (κ2) is 7.33. The number of hydrogen-bond acceptors (Lipinski definition) is 1. The molecule has 0 aromatic heterocycles. The smallest absolute Gasteiger partial charge is 0.0500 e. The van der Waals surface area contributed by atoms with Crippen LogP contribution >= 0.6 is 34.8 Å². The van der Waals surface area contributed by atoms with Gasteiger partial charge in [0, 0.05) is 27.6 Å². The summed E-state index contributed by atoms with van der Waals surface area (Å²) < 4.78 is 0. The van der Waals surface area contributed by atoms with Crippen molar-refractivity contribution >= 4 is 34.8 Å². The van der Waals surface area contributed by atoms with E-state index in [0.717, 1.165) is 29.0 Å². The molecule has 4 heteroatoms. The Labute approximate surface area is 134 Å². The third-order valence-corrected chi connectivity index (χ3v) is 4.27. The zero-order valence-corrected chi connectivity index (χ0v) is 13.1. The third-order valence-electron chi connectivity index (χ3n) is 3.34. The summed E-state index contributed by atoms with van der Waals surface area (Å²) in [5.41, 5.74) is 2.00. The van der Waals surface area contributed by atoms with Gasteiger partial charge >= 0.3 is 0 Å². The zero-order chi connectivity index (χ0) is 14.5. The Kier molecular flexibility index (Phi) is 5.74. The van der Waals surface area contributed by atoms with Gasteiger partial charge in [-0.25, -0.2) is 0 Å². The Balaban J connectivity index is 2.11. The fourth-order valence-corrected chi connectivity index (χ4v) is 3.00. The van der Waals surface area contributed by atoms with Gasteiger partial charge in [0.15, 0.2) is 0 Å². The summed E-state index contributed by atoms with van der Waals surface area (Å²) in [5.74, 6) is -0.0176. The predicted octanol–water partition coefficient (Wildman–Crippen LogP) is 5.36. The van der Waals surface area contributed by atoms with E-state index in [4.69, 9.17) is 34.8 Å². The standard InChI is InChI=1S/C16H15Cl3O/c17-13-7-8-14(16(19)9-13)12(10-20)6-5-11-3-1-2-4-15(11)18/h1-4,7-9,12,20H,5-6,10H2/t12-/m0/s1. The monoisotopic (exact) mass is 328 g/mol. The molecule has 0 spiro atoms. The van der Waals surface area contributed by atoms with E-state index in [1.807, 2.05) is 30.3 Å². The van der Waals surface area contributed by atoms with Gasteiger partial charge < -0.3 is 5.11 Å². The van der Waals surface area contributed by atoms with Crippen molar-refractivity contribution in [3.8, 4) is 0 Å². The molecule has 0 bridgehead atoms. The third kappa shape index (κ3) is 3.89. The van der Waals surface area contributed by atoms with Gasteiger partial charge in [0.2, 0.25) is 0 Å². The van der Waals surface area contributed by atoms with Crippen LogP contribution in [0.5, 0.6) is 0 Å². The molecule has 0 heterocycles. The van der Waals surface area contributed by atoms with Crippen LogP contribution in [0.15, 0.2) is 42.5 Å². The highest BCUT2D eigenvalue weighted by molar-refractivity contribution is 6.35. The Morgan fingerprint density at radius 3 is 2.35 bits per heavy atom. The summed E-state index contributed by atoms with van der Waals surface area (Å²) >= 11 is 18.2. The number of aliphatic hydroxyl groups is 1. The van der Waals surface area contributed by atoms with E-state index in [9.17, 15) is 5.11 Å². The molecule has 0 fully saturated rings. The van der Waals surface area contributed by atoms with Crippen LogP contribution in [0.1, 0.15) is 23.5 Å². The highest BCUT2D eigenvalue weighted by atomic mass is 35.5. The maximum Gasteiger partial charge on any atom is 0.0500 e. The van der Waals surface area contributed by atoms with Crippen molar-refractivity contribution < 1.29 is 5.11 Å². The first kappa shape index (κ1) is 15.7. The number of halogens is 3. The minimum Gasteiger partial charge on any atom is -0.396 e. The van der Waals surface area contributed by atoms with Crippen LogP contribution in [0, 0.1) is 0 Å². The van der Waals surface area contributed by atoms with Gasteiger partial charge in [-0.1, -0.05) is 59.1 Å². The van der Waals surface area contributed by atoms with Crippen molar-refractivity contribution in [2.75, 3.05) is 6.61 Å². The lowest BCUT2D eigenvalue weighted by Crippen LogP contribution is -2.06. The van der Waals surface area contributed by atoms with E-state index < -0.39 is 0 Å². The van der Waals surface area contributed by atoms with Gasteiger partial charge in [0.1, 0.15) is 0 Å². The van der Waals surface area contributed by atoms with Crippen molar-refractivity contribution in [3.63, 3.8) is 0 Å². The molecule has 20 heavy (non-hydrogen) atoms. The maximum atomic E-state index is 9.60. The average Bonchev–Trinajstić information content (AvgIpc) is 2.43. The molecule has 0 aliphatic heterocycles. The summed E-state index contributed by atoms with van der Waals surface area (Å²) in [4.78, 5) is 0. The van der Waals surface area contributed by atoms with Crippen LogP contribution in [-0.2, 0) is 6.42 Å². The van der Waals surface area contributed by atoms with Crippen molar-refractivity contribution in [1.29, 1.82) is 0 Å². The van der Waals surface area contributed by atoms with Crippen LogP contribution < -0.4 is 0 Å². The molecule has 1 atom stereocenters. The quantitative estimate of drug-likeness (QED) is 0.783. The van der Waals surface area contributed by atoms with Crippen LogP contribution in [0.4, 0.5) is 0 Å². The van der Waals surface area contributed by atoms with Gasteiger partial charge in [0.05, 0.1) is 0 Å².